The first-order valence-electron chi connectivity index (χ1n) is 10.7. The summed E-state index contributed by atoms with van der Waals surface area (Å²) in [5.41, 5.74) is 4.06. The second-order valence-electron chi connectivity index (χ2n) is 7.97. The molecule has 0 bridgehead atoms. The average molecular weight is 467 g/mol. The third-order valence-electron chi connectivity index (χ3n) is 5.79. The van der Waals surface area contributed by atoms with Crippen LogP contribution in [0.4, 0.5) is 42.1 Å². The number of carbonyl (C=O) groups excluding carboxylic acids is 1. The van der Waals surface area contributed by atoms with E-state index in [4.69, 9.17) is 9.47 Å². The van der Waals surface area contributed by atoms with Crippen LogP contribution in [0.15, 0.2) is 54.6 Å². The minimum atomic E-state index is -2.62. The summed E-state index contributed by atoms with van der Waals surface area (Å²) < 4.78 is 35.7. The topological polar surface area (TPSA) is 70.2 Å². The van der Waals surface area contributed by atoms with Crippen LogP contribution in [0.1, 0.15) is 5.56 Å². The zero-order valence-corrected chi connectivity index (χ0v) is 18.7. The zero-order chi connectivity index (χ0) is 23.8. The summed E-state index contributed by atoms with van der Waals surface area (Å²) in [6.07, 6.45) is -2.62. The molecule has 3 aromatic rings. The number of aromatic nitrogens is 1. The molecular weight excluding hydrogens is 444 g/mol. The number of carbonyl (C=O) groups is 1. The van der Waals surface area contributed by atoms with Crippen molar-refractivity contribution < 1.29 is 23.0 Å². The number of ether oxygens (including phenoxy) is 2. The van der Waals surface area contributed by atoms with Crippen LogP contribution in [0.2, 0.25) is 0 Å². The number of pyridine rings is 1. The molecule has 3 heterocycles. The number of rotatable bonds is 6. The Morgan fingerprint density at radius 2 is 1.85 bits per heavy atom. The Morgan fingerprint density at radius 3 is 2.59 bits per heavy atom. The van der Waals surface area contributed by atoms with Gasteiger partial charge in [-0.3, -0.25) is 4.90 Å². The van der Waals surface area contributed by atoms with Gasteiger partial charge in [0.15, 0.2) is 6.61 Å². The van der Waals surface area contributed by atoms with E-state index < -0.39 is 13.0 Å². The number of benzene rings is 2. The lowest BCUT2D eigenvalue weighted by molar-refractivity contribution is 0.0796. The van der Waals surface area contributed by atoms with Crippen LogP contribution in [0.5, 0.6) is 11.6 Å². The predicted octanol–water partition coefficient (Wildman–Crippen LogP) is 4.83. The summed E-state index contributed by atoms with van der Waals surface area (Å²) in [5, 5.41) is 3.30. The Morgan fingerprint density at radius 1 is 1.09 bits per heavy atom. The molecule has 2 aliphatic heterocycles. The summed E-state index contributed by atoms with van der Waals surface area (Å²) in [6, 6.07) is 15.8. The van der Waals surface area contributed by atoms with Crippen molar-refractivity contribution in [3.05, 3.63) is 60.2 Å². The van der Waals surface area contributed by atoms with E-state index in [1.807, 2.05) is 25.2 Å². The quantitative estimate of drug-likeness (QED) is 0.560. The minimum Gasteiger partial charge on any atom is -0.497 e. The average Bonchev–Trinajstić information content (AvgIpc) is 3.22. The molecule has 0 radical (unpaired) electrons. The van der Waals surface area contributed by atoms with Gasteiger partial charge < -0.3 is 19.7 Å². The molecule has 5 rings (SSSR count). The highest BCUT2D eigenvalue weighted by Gasteiger charge is 2.35. The molecule has 1 N–H and O–H groups in total. The number of nitrogens with one attached hydrogen (secondary N) is 1. The molecule has 0 saturated heterocycles. The van der Waals surface area contributed by atoms with E-state index in [2.05, 4.69) is 15.2 Å². The lowest BCUT2D eigenvalue weighted by Gasteiger charge is -2.36. The smallest absolute Gasteiger partial charge is 0.335 e. The Balaban J connectivity index is 1.57. The molecule has 34 heavy (non-hydrogen) atoms. The van der Waals surface area contributed by atoms with E-state index >= 15 is 0 Å². The molecule has 176 valence electrons. The molecule has 2 amide bonds. The van der Waals surface area contributed by atoms with Crippen LogP contribution in [-0.4, -0.2) is 44.9 Å². The Kier molecular flexibility index (Phi) is 5.56. The molecular formula is C24H23F2N5O3. The molecule has 10 heteroatoms. The maximum Gasteiger partial charge on any atom is 0.335 e. The number of fused-ring (bicyclic) bond motifs is 2. The van der Waals surface area contributed by atoms with E-state index in [0.29, 0.717) is 23.9 Å². The lowest BCUT2D eigenvalue weighted by Crippen LogP contribution is -2.45. The third-order valence-corrected chi connectivity index (χ3v) is 5.79. The number of hydrogen-bond donors (Lipinski definition) is 1. The normalized spacial score (nSPS) is 14.7. The number of hydrogen-bond acceptors (Lipinski definition) is 6. The van der Waals surface area contributed by atoms with E-state index in [-0.39, 0.29) is 18.5 Å². The Bertz CT molecular complexity index is 1220. The largest absolute Gasteiger partial charge is 0.497 e. The number of nitrogens with zero attached hydrogens (tertiary/aromatic N) is 4. The molecule has 0 atom stereocenters. The van der Waals surface area contributed by atoms with Gasteiger partial charge in [-0.05, 0) is 48.5 Å². The number of urea groups is 1. The third kappa shape index (κ3) is 3.91. The molecule has 0 aliphatic carbocycles. The van der Waals surface area contributed by atoms with Gasteiger partial charge in [0, 0.05) is 24.4 Å². The molecule has 1 aromatic heterocycles. The van der Waals surface area contributed by atoms with Crippen LogP contribution in [0.25, 0.3) is 0 Å². The van der Waals surface area contributed by atoms with Crippen molar-refractivity contribution in [2.45, 2.75) is 13.0 Å². The van der Waals surface area contributed by atoms with Crippen molar-refractivity contribution in [1.29, 1.82) is 0 Å². The number of methoxy groups -OCH3 is 1. The number of alkyl halides is 2. The molecule has 2 aromatic carbocycles. The van der Waals surface area contributed by atoms with Gasteiger partial charge in [0.2, 0.25) is 5.88 Å². The van der Waals surface area contributed by atoms with E-state index in [9.17, 15) is 13.6 Å². The molecule has 2 aliphatic rings. The maximum atomic E-state index is 13.8. The van der Waals surface area contributed by atoms with Gasteiger partial charge in [0.05, 0.1) is 37.4 Å². The van der Waals surface area contributed by atoms with Gasteiger partial charge in [0.25, 0.3) is 6.43 Å². The van der Waals surface area contributed by atoms with Crippen molar-refractivity contribution in [3.8, 4) is 11.6 Å². The first kappa shape index (κ1) is 21.7. The summed E-state index contributed by atoms with van der Waals surface area (Å²) in [7, 11) is 3.54. The highest BCUT2D eigenvalue weighted by atomic mass is 19.3. The standard InChI is InChI=1S/C24H23F2N5O3/c1-29-14-27-19-9-6-17(11-20(19)29)30-12-15-3-10-22(34-13-21(25)26)28-23(15)31(24(30)32)16-4-7-18(33-2)8-5-16/h3-11,21,27H,12-14H2,1-2H3. The van der Waals surface area contributed by atoms with Crippen LogP contribution in [0, 0.1) is 0 Å². The first-order chi connectivity index (χ1) is 16.4. The van der Waals surface area contributed by atoms with Crippen molar-refractivity contribution in [3.63, 3.8) is 0 Å². The molecule has 0 unspecified atom stereocenters. The SMILES string of the molecule is COc1ccc(N2C(=O)N(c3ccc4c(c3)N(C)CN4)Cc3ccc(OCC(F)F)nc32)cc1. The van der Waals surface area contributed by atoms with E-state index in [0.717, 1.165) is 22.6 Å². The number of amides is 2. The Hall–Kier alpha value is -4.08. The fraction of sp³-hybridized carbons (Fsp3) is 0.250. The van der Waals surface area contributed by atoms with Gasteiger partial charge in [-0.2, -0.15) is 4.98 Å². The van der Waals surface area contributed by atoms with Crippen LogP contribution in [-0.2, 0) is 6.54 Å². The van der Waals surface area contributed by atoms with Crippen molar-refractivity contribution in [2.75, 3.05) is 47.4 Å². The monoisotopic (exact) mass is 467 g/mol. The van der Waals surface area contributed by atoms with Gasteiger partial charge in [0.1, 0.15) is 11.6 Å². The molecule has 8 nitrogen and oxygen atoms in total. The summed E-state index contributed by atoms with van der Waals surface area (Å²) in [6.45, 7) is 0.197. The van der Waals surface area contributed by atoms with Gasteiger partial charge in [-0.25, -0.2) is 18.5 Å². The van der Waals surface area contributed by atoms with Crippen molar-refractivity contribution >= 4 is 34.6 Å². The van der Waals surface area contributed by atoms with Gasteiger partial charge in [-0.1, -0.05) is 0 Å². The van der Waals surface area contributed by atoms with Crippen LogP contribution < -0.4 is 29.5 Å². The highest BCUT2D eigenvalue weighted by molar-refractivity contribution is 6.10. The summed E-state index contributed by atoms with van der Waals surface area (Å²) >= 11 is 0. The minimum absolute atomic E-state index is 0.0315. The molecule has 0 fully saturated rings. The van der Waals surface area contributed by atoms with E-state index in [1.54, 1.807) is 48.4 Å². The summed E-state index contributed by atoms with van der Waals surface area (Å²) in [4.78, 5) is 23.4. The van der Waals surface area contributed by atoms with Crippen LogP contribution in [0.3, 0.4) is 0 Å². The molecule has 0 saturated carbocycles. The lowest BCUT2D eigenvalue weighted by atomic mass is 10.1. The van der Waals surface area contributed by atoms with Crippen LogP contribution >= 0.6 is 0 Å². The van der Waals surface area contributed by atoms with E-state index in [1.165, 1.54) is 4.90 Å². The fourth-order valence-electron chi connectivity index (χ4n) is 4.06. The van der Waals surface area contributed by atoms with Gasteiger partial charge in [-0.15, -0.1) is 0 Å². The van der Waals surface area contributed by atoms with Crippen molar-refractivity contribution in [1.82, 2.24) is 4.98 Å². The van der Waals surface area contributed by atoms with Crippen molar-refractivity contribution in [2.24, 2.45) is 0 Å². The predicted molar refractivity (Wildman–Crippen MR) is 126 cm³/mol. The van der Waals surface area contributed by atoms with Gasteiger partial charge >= 0.3 is 6.03 Å². The summed E-state index contributed by atoms with van der Waals surface area (Å²) in [5.74, 6) is 1.02. The maximum absolute atomic E-state index is 13.8. The Labute approximate surface area is 195 Å². The highest BCUT2D eigenvalue weighted by Crippen LogP contribution is 2.40. The fourth-order valence-corrected chi connectivity index (χ4v) is 4.06. The zero-order valence-electron chi connectivity index (χ0n) is 18.7. The number of halogens is 2. The number of anilines is 5. The second-order valence-corrected chi connectivity index (χ2v) is 7.97. The first-order valence-corrected chi connectivity index (χ1v) is 10.7. The molecule has 0 spiro atoms. The second kappa shape index (κ2) is 8.69.